The van der Waals surface area contributed by atoms with E-state index in [0.29, 0.717) is 22.1 Å². The molecule has 1 aromatic heterocycles. The Morgan fingerprint density at radius 1 is 1.17 bits per heavy atom. The van der Waals surface area contributed by atoms with Gasteiger partial charge >= 0.3 is 0 Å². The Bertz CT molecular complexity index is 939. The number of aromatic amines is 1. The molecule has 0 saturated carbocycles. The van der Waals surface area contributed by atoms with E-state index in [1.54, 1.807) is 36.4 Å². The fourth-order valence-electron chi connectivity index (χ4n) is 2.14. The van der Waals surface area contributed by atoms with Gasteiger partial charge in [-0.05, 0) is 48.4 Å². The second kappa shape index (κ2) is 6.62. The standard InChI is InChI=1S/C16H14ClN3O3S/c1-11-8-13(17)4-7-15(11)23-14-5-2-12(3-6-14)10-24(21,22)16-9-18-20-19-16/h2-9H,10H2,1H3,(H,18,19,20). The maximum Gasteiger partial charge on any atom is 0.203 e. The van der Waals surface area contributed by atoms with Crippen LogP contribution in [0.15, 0.2) is 53.7 Å². The largest absolute Gasteiger partial charge is 0.457 e. The van der Waals surface area contributed by atoms with Crippen LogP contribution in [0.1, 0.15) is 11.1 Å². The third-order valence-electron chi connectivity index (χ3n) is 3.36. The van der Waals surface area contributed by atoms with Gasteiger partial charge in [0.05, 0.1) is 11.9 Å². The zero-order valence-corrected chi connectivity index (χ0v) is 14.3. The number of H-pyrrole nitrogens is 1. The summed E-state index contributed by atoms with van der Waals surface area (Å²) in [4.78, 5) is 0. The molecule has 1 heterocycles. The number of halogens is 1. The van der Waals surface area contributed by atoms with Crippen LogP contribution in [0.2, 0.25) is 5.02 Å². The van der Waals surface area contributed by atoms with E-state index in [4.69, 9.17) is 16.3 Å². The molecule has 1 N–H and O–H groups in total. The predicted octanol–water partition coefficient (Wildman–Crippen LogP) is 3.53. The fraction of sp³-hybridized carbons (Fsp3) is 0.125. The minimum Gasteiger partial charge on any atom is -0.457 e. The molecule has 3 rings (SSSR count). The Morgan fingerprint density at radius 3 is 2.54 bits per heavy atom. The summed E-state index contributed by atoms with van der Waals surface area (Å²) in [6, 6.07) is 12.2. The van der Waals surface area contributed by atoms with Gasteiger partial charge in [0.15, 0.2) is 5.03 Å². The number of benzene rings is 2. The summed E-state index contributed by atoms with van der Waals surface area (Å²) in [6.45, 7) is 1.90. The van der Waals surface area contributed by atoms with Crippen molar-refractivity contribution in [1.82, 2.24) is 15.4 Å². The van der Waals surface area contributed by atoms with Crippen LogP contribution >= 0.6 is 11.6 Å². The minimum atomic E-state index is -3.51. The van der Waals surface area contributed by atoms with E-state index < -0.39 is 9.84 Å². The molecule has 0 aliphatic heterocycles. The van der Waals surface area contributed by atoms with Crippen molar-refractivity contribution in [2.24, 2.45) is 0 Å². The van der Waals surface area contributed by atoms with Crippen molar-refractivity contribution in [3.63, 3.8) is 0 Å². The van der Waals surface area contributed by atoms with Gasteiger partial charge in [0.25, 0.3) is 0 Å². The van der Waals surface area contributed by atoms with E-state index in [0.717, 1.165) is 5.56 Å². The summed E-state index contributed by atoms with van der Waals surface area (Å²) >= 11 is 5.92. The van der Waals surface area contributed by atoms with E-state index in [1.165, 1.54) is 6.20 Å². The Kier molecular flexibility index (Phi) is 4.55. The molecule has 0 amide bonds. The normalized spacial score (nSPS) is 11.4. The molecule has 0 atom stereocenters. The lowest BCUT2D eigenvalue weighted by molar-refractivity contribution is 0.479. The van der Waals surface area contributed by atoms with Crippen molar-refractivity contribution in [3.05, 3.63) is 64.8 Å². The van der Waals surface area contributed by atoms with Crippen LogP contribution in [-0.4, -0.2) is 23.8 Å². The van der Waals surface area contributed by atoms with Gasteiger partial charge in [0.1, 0.15) is 11.5 Å². The molecule has 0 unspecified atom stereocenters. The molecule has 0 fully saturated rings. The molecule has 8 heteroatoms. The molecule has 0 aliphatic rings. The number of sulfone groups is 1. The zero-order valence-electron chi connectivity index (χ0n) is 12.7. The molecule has 0 saturated heterocycles. The van der Waals surface area contributed by atoms with E-state index in [-0.39, 0.29) is 10.8 Å². The van der Waals surface area contributed by atoms with E-state index in [1.807, 2.05) is 13.0 Å². The molecule has 0 radical (unpaired) electrons. The number of aryl methyl sites for hydroxylation is 1. The van der Waals surface area contributed by atoms with E-state index in [2.05, 4.69) is 15.4 Å². The van der Waals surface area contributed by atoms with Crippen LogP contribution in [0.3, 0.4) is 0 Å². The molecule has 3 aromatic rings. The number of hydrogen-bond donors (Lipinski definition) is 1. The molecule has 6 nitrogen and oxygen atoms in total. The van der Waals surface area contributed by atoms with Crippen LogP contribution in [0.5, 0.6) is 11.5 Å². The van der Waals surface area contributed by atoms with Crippen molar-refractivity contribution < 1.29 is 13.2 Å². The van der Waals surface area contributed by atoms with Crippen molar-refractivity contribution in [3.8, 4) is 11.5 Å². The molecule has 24 heavy (non-hydrogen) atoms. The lowest BCUT2D eigenvalue weighted by Crippen LogP contribution is -2.05. The molecular formula is C16H14ClN3O3S. The number of hydrogen-bond acceptors (Lipinski definition) is 5. The van der Waals surface area contributed by atoms with Gasteiger partial charge in [-0.1, -0.05) is 23.7 Å². The van der Waals surface area contributed by atoms with Crippen molar-refractivity contribution >= 4 is 21.4 Å². The molecule has 124 valence electrons. The summed E-state index contributed by atoms with van der Waals surface area (Å²) in [5.41, 5.74) is 1.55. The molecule has 0 spiro atoms. The first-order valence-electron chi connectivity index (χ1n) is 7.05. The molecule has 2 aromatic carbocycles. The highest BCUT2D eigenvalue weighted by molar-refractivity contribution is 7.90. The number of nitrogens with zero attached hydrogens (tertiary/aromatic N) is 2. The number of aromatic nitrogens is 3. The van der Waals surface area contributed by atoms with Gasteiger partial charge in [0.2, 0.25) is 9.84 Å². The van der Waals surface area contributed by atoms with Crippen LogP contribution < -0.4 is 4.74 Å². The molecular weight excluding hydrogens is 350 g/mol. The van der Waals surface area contributed by atoms with E-state index in [9.17, 15) is 8.42 Å². The van der Waals surface area contributed by atoms with Crippen LogP contribution in [0.4, 0.5) is 0 Å². The topological polar surface area (TPSA) is 84.9 Å². The first-order valence-corrected chi connectivity index (χ1v) is 9.08. The third kappa shape index (κ3) is 3.74. The Hall–Kier alpha value is -2.38. The highest BCUT2D eigenvalue weighted by atomic mass is 35.5. The number of rotatable bonds is 5. The van der Waals surface area contributed by atoms with Gasteiger partial charge in [0, 0.05) is 5.02 Å². The molecule has 0 bridgehead atoms. The molecule has 0 aliphatic carbocycles. The highest BCUT2D eigenvalue weighted by Crippen LogP contribution is 2.27. The van der Waals surface area contributed by atoms with Gasteiger partial charge in [-0.25, -0.2) is 8.42 Å². The second-order valence-corrected chi connectivity index (χ2v) is 7.60. The number of ether oxygens (including phenoxy) is 1. The minimum absolute atomic E-state index is 0.0698. The lowest BCUT2D eigenvalue weighted by atomic mass is 10.2. The first kappa shape index (κ1) is 16.5. The average molecular weight is 364 g/mol. The average Bonchev–Trinajstić information content (AvgIpc) is 3.07. The van der Waals surface area contributed by atoms with Crippen LogP contribution in [0, 0.1) is 6.92 Å². The monoisotopic (exact) mass is 363 g/mol. The van der Waals surface area contributed by atoms with Gasteiger partial charge in [-0.2, -0.15) is 10.3 Å². The van der Waals surface area contributed by atoms with Crippen LogP contribution in [0.25, 0.3) is 0 Å². The first-order chi connectivity index (χ1) is 11.4. The van der Waals surface area contributed by atoms with Crippen molar-refractivity contribution in [2.75, 3.05) is 0 Å². The maximum absolute atomic E-state index is 12.1. The predicted molar refractivity (Wildman–Crippen MR) is 90.0 cm³/mol. The quantitative estimate of drug-likeness (QED) is 0.749. The zero-order chi connectivity index (χ0) is 17.2. The summed E-state index contributed by atoms with van der Waals surface area (Å²) in [7, 11) is -3.51. The number of nitrogens with one attached hydrogen (secondary N) is 1. The Balaban J connectivity index is 1.74. The van der Waals surface area contributed by atoms with Gasteiger partial charge < -0.3 is 4.74 Å². The smallest absolute Gasteiger partial charge is 0.203 e. The van der Waals surface area contributed by atoms with Crippen LogP contribution in [-0.2, 0) is 15.6 Å². The van der Waals surface area contributed by atoms with Gasteiger partial charge in [-0.15, -0.1) is 5.10 Å². The fourth-order valence-corrected chi connectivity index (χ4v) is 3.54. The maximum atomic E-state index is 12.1. The summed E-state index contributed by atoms with van der Waals surface area (Å²) < 4.78 is 30.1. The van der Waals surface area contributed by atoms with Crippen molar-refractivity contribution in [1.29, 1.82) is 0 Å². The lowest BCUT2D eigenvalue weighted by Gasteiger charge is -2.09. The SMILES string of the molecule is Cc1cc(Cl)ccc1Oc1ccc(CS(=O)(=O)c2cn[nH]n2)cc1. The summed E-state index contributed by atoms with van der Waals surface area (Å²) in [5.74, 6) is 1.16. The Morgan fingerprint density at radius 2 is 1.92 bits per heavy atom. The second-order valence-electron chi connectivity index (χ2n) is 5.22. The van der Waals surface area contributed by atoms with Crippen molar-refractivity contribution in [2.45, 2.75) is 17.7 Å². The summed E-state index contributed by atoms with van der Waals surface area (Å²) in [6.07, 6.45) is 1.19. The summed E-state index contributed by atoms with van der Waals surface area (Å²) in [5, 5.41) is 10.0. The Labute approximate surface area is 144 Å². The highest BCUT2D eigenvalue weighted by Gasteiger charge is 2.18. The van der Waals surface area contributed by atoms with E-state index >= 15 is 0 Å². The van der Waals surface area contributed by atoms with Gasteiger partial charge in [-0.3, -0.25) is 0 Å². The third-order valence-corrected chi connectivity index (χ3v) is 5.14.